The van der Waals surface area contributed by atoms with Crippen molar-refractivity contribution in [3.8, 4) is 11.5 Å². The highest BCUT2D eigenvalue weighted by Gasteiger charge is 2.50. The number of aryl methyl sites for hydroxylation is 1. The first-order valence-electron chi connectivity index (χ1n) is 10.6. The fourth-order valence-corrected chi connectivity index (χ4v) is 4.68. The average Bonchev–Trinajstić information content (AvgIpc) is 3.34. The van der Waals surface area contributed by atoms with Crippen LogP contribution in [0.2, 0.25) is 0 Å². The van der Waals surface area contributed by atoms with Crippen LogP contribution in [-0.4, -0.2) is 42.0 Å². The van der Waals surface area contributed by atoms with Crippen LogP contribution in [0.15, 0.2) is 40.3 Å². The Kier molecular flexibility index (Phi) is 5.76. The van der Waals surface area contributed by atoms with Crippen molar-refractivity contribution in [2.75, 3.05) is 14.2 Å². The van der Waals surface area contributed by atoms with E-state index in [0.717, 1.165) is 32.1 Å². The molecular weight excluding hydrogens is 398 g/mol. The van der Waals surface area contributed by atoms with Crippen LogP contribution < -0.4 is 9.47 Å². The first kappa shape index (κ1) is 21.0. The van der Waals surface area contributed by atoms with Gasteiger partial charge in [-0.15, -0.1) is 0 Å². The molecule has 0 radical (unpaired) electrons. The van der Waals surface area contributed by atoms with Crippen molar-refractivity contribution in [2.24, 2.45) is 0 Å². The Hall–Kier alpha value is -3.22. The molecule has 1 aromatic carbocycles. The van der Waals surface area contributed by atoms with Crippen LogP contribution in [0.5, 0.6) is 11.5 Å². The fourth-order valence-electron chi connectivity index (χ4n) is 4.68. The second-order valence-electron chi connectivity index (χ2n) is 7.98. The fraction of sp³-hybridized carbons (Fsp3) is 0.417. The van der Waals surface area contributed by atoms with Crippen LogP contribution in [0.4, 0.5) is 0 Å². The molecule has 1 unspecified atom stereocenters. The normalized spacial score (nSPS) is 21.5. The largest absolute Gasteiger partial charge is 0.506 e. The maximum absolute atomic E-state index is 13.2. The van der Waals surface area contributed by atoms with Crippen LogP contribution in [-0.2, 0) is 9.59 Å². The molecule has 4 rings (SSSR count). The number of carbonyl (C=O) groups excluding carboxylic acids is 2. The molecule has 1 aliphatic heterocycles. The smallest absolute Gasteiger partial charge is 0.296 e. The number of benzene rings is 1. The Morgan fingerprint density at radius 3 is 2.23 bits per heavy atom. The van der Waals surface area contributed by atoms with Gasteiger partial charge in [0.15, 0.2) is 0 Å². The zero-order chi connectivity index (χ0) is 22.1. The molecule has 164 valence electrons. The number of aliphatic hydroxyl groups is 1. The predicted octanol–water partition coefficient (Wildman–Crippen LogP) is 4.36. The quantitative estimate of drug-likeness (QED) is 0.435. The summed E-state index contributed by atoms with van der Waals surface area (Å²) in [5, 5.41) is 11.4. The van der Waals surface area contributed by atoms with Crippen molar-refractivity contribution in [3.63, 3.8) is 0 Å². The van der Waals surface area contributed by atoms with Crippen molar-refractivity contribution in [1.29, 1.82) is 0 Å². The van der Waals surface area contributed by atoms with Gasteiger partial charge in [0.25, 0.3) is 11.7 Å². The SMILES string of the molecule is COc1cccc(OC)c1/C(O)=C1\C(=O)C(=O)N(C2CCCCC2)C1c1ccc(C)o1. The maximum atomic E-state index is 13.2. The number of aliphatic hydroxyl groups excluding tert-OH is 1. The van der Waals surface area contributed by atoms with E-state index in [4.69, 9.17) is 13.9 Å². The molecule has 2 heterocycles. The Bertz CT molecular complexity index is 1010. The lowest BCUT2D eigenvalue weighted by molar-refractivity contribution is -0.142. The van der Waals surface area contributed by atoms with E-state index in [0.29, 0.717) is 23.0 Å². The Morgan fingerprint density at radius 2 is 1.68 bits per heavy atom. The van der Waals surface area contributed by atoms with Gasteiger partial charge in [-0.2, -0.15) is 0 Å². The van der Waals surface area contributed by atoms with Gasteiger partial charge in [0.2, 0.25) is 0 Å². The second-order valence-corrected chi connectivity index (χ2v) is 7.98. The number of hydrogen-bond donors (Lipinski definition) is 1. The standard InChI is InChI=1S/C24H27NO6/c1-14-12-13-18(31-14)21-20(22(26)19-16(29-2)10-7-11-17(19)30-3)23(27)24(28)25(21)15-8-5-4-6-9-15/h7,10-13,15,21,26H,4-6,8-9H2,1-3H3/b22-20+. The second kappa shape index (κ2) is 8.49. The highest BCUT2D eigenvalue weighted by Crippen LogP contribution is 2.45. The van der Waals surface area contributed by atoms with Gasteiger partial charge < -0.3 is 23.9 Å². The minimum absolute atomic E-state index is 0.00674. The van der Waals surface area contributed by atoms with E-state index < -0.39 is 17.7 Å². The molecule has 0 spiro atoms. The highest BCUT2D eigenvalue weighted by molar-refractivity contribution is 6.46. The summed E-state index contributed by atoms with van der Waals surface area (Å²) in [5.74, 6) is 0.142. The molecular formula is C24H27NO6. The molecule has 1 amide bonds. The van der Waals surface area contributed by atoms with Crippen LogP contribution >= 0.6 is 0 Å². The van der Waals surface area contributed by atoms with Gasteiger partial charge in [0, 0.05) is 6.04 Å². The molecule has 1 saturated heterocycles. The summed E-state index contributed by atoms with van der Waals surface area (Å²) in [7, 11) is 2.94. The summed E-state index contributed by atoms with van der Waals surface area (Å²) in [6.07, 6.45) is 4.75. The van der Waals surface area contributed by atoms with Crippen LogP contribution in [0.1, 0.15) is 55.2 Å². The van der Waals surface area contributed by atoms with E-state index in [-0.39, 0.29) is 22.9 Å². The molecule has 1 saturated carbocycles. The van der Waals surface area contributed by atoms with E-state index in [2.05, 4.69) is 0 Å². The van der Waals surface area contributed by atoms with Crippen molar-refractivity contribution in [2.45, 2.75) is 51.1 Å². The van der Waals surface area contributed by atoms with Gasteiger partial charge in [0.1, 0.15) is 40.4 Å². The molecule has 1 atom stereocenters. The first-order valence-corrected chi connectivity index (χ1v) is 10.6. The number of amides is 1. The third-order valence-electron chi connectivity index (χ3n) is 6.14. The predicted molar refractivity (Wildman–Crippen MR) is 114 cm³/mol. The number of hydrogen-bond acceptors (Lipinski definition) is 6. The summed E-state index contributed by atoms with van der Waals surface area (Å²) < 4.78 is 16.7. The van der Waals surface area contributed by atoms with Crippen molar-refractivity contribution in [1.82, 2.24) is 4.90 Å². The molecule has 2 aliphatic rings. The third kappa shape index (κ3) is 3.58. The summed E-state index contributed by atoms with van der Waals surface area (Å²) in [6.45, 7) is 1.81. The topological polar surface area (TPSA) is 89.2 Å². The van der Waals surface area contributed by atoms with Gasteiger partial charge in [-0.1, -0.05) is 25.3 Å². The molecule has 1 aliphatic carbocycles. The molecule has 7 heteroatoms. The third-order valence-corrected chi connectivity index (χ3v) is 6.14. The molecule has 31 heavy (non-hydrogen) atoms. The van der Waals surface area contributed by atoms with E-state index in [1.165, 1.54) is 14.2 Å². The molecule has 1 N–H and O–H groups in total. The molecule has 1 aromatic heterocycles. The van der Waals surface area contributed by atoms with E-state index in [9.17, 15) is 14.7 Å². The number of carbonyl (C=O) groups is 2. The highest BCUT2D eigenvalue weighted by atomic mass is 16.5. The summed E-state index contributed by atoms with van der Waals surface area (Å²) >= 11 is 0. The summed E-state index contributed by atoms with van der Waals surface area (Å²) in [4.78, 5) is 28.0. The minimum Gasteiger partial charge on any atom is -0.506 e. The number of furan rings is 1. The number of ketones is 1. The molecule has 2 aromatic rings. The molecule has 0 bridgehead atoms. The summed E-state index contributed by atoms with van der Waals surface area (Å²) in [6, 6.07) is 7.73. The van der Waals surface area contributed by atoms with Gasteiger partial charge in [-0.3, -0.25) is 9.59 Å². The number of nitrogens with zero attached hydrogens (tertiary/aromatic N) is 1. The van der Waals surface area contributed by atoms with E-state index >= 15 is 0 Å². The Balaban J connectivity index is 1.93. The van der Waals surface area contributed by atoms with Crippen molar-refractivity contribution >= 4 is 17.4 Å². The monoisotopic (exact) mass is 425 g/mol. The van der Waals surface area contributed by atoms with Gasteiger partial charge in [-0.25, -0.2) is 0 Å². The number of Topliss-reactive ketones (excluding diaryl/α,β-unsaturated/α-hetero) is 1. The number of likely N-dealkylation sites (tertiary alicyclic amines) is 1. The number of ether oxygens (including phenoxy) is 2. The van der Waals surface area contributed by atoms with Crippen LogP contribution in [0, 0.1) is 6.92 Å². The van der Waals surface area contributed by atoms with Crippen molar-refractivity contribution < 1.29 is 28.6 Å². The lowest BCUT2D eigenvalue weighted by Crippen LogP contribution is -2.40. The van der Waals surface area contributed by atoms with Gasteiger partial charge >= 0.3 is 0 Å². The zero-order valence-electron chi connectivity index (χ0n) is 18.0. The maximum Gasteiger partial charge on any atom is 0.296 e. The number of methoxy groups -OCH3 is 2. The first-order chi connectivity index (χ1) is 15.0. The average molecular weight is 425 g/mol. The molecule has 2 fully saturated rings. The van der Waals surface area contributed by atoms with Crippen LogP contribution in [0.3, 0.4) is 0 Å². The van der Waals surface area contributed by atoms with E-state index in [1.54, 1.807) is 42.2 Å². The molecule has 7 nitrogen and oxygen atoms in total. The number of rotatable bonds is 5. The Morgan fingerprint density at radius 1 is 1.03 bits per heavy atom. The van der Waals surface area contributed by atoms with Crippen LogP contribution in [0.25, 0.3) is 5.76 Å². The minimum atomic E-state index is -0.800. The summed E-state index contributed by atoms with van der Waals surface area (Å²) in [5.41, 5.74) is 0.232. The Labute approximate surface area is 181 Å². The lowest BCUT2D eigenvalue weighted by atomic mass is 9.92. The van der Waals surface area contributed by atoms with Gasteiger partial charge in [0.05, 0.1) is 19.8 Å². The van der Waals surface area contributed by atoms with Crippen molar-refractivity contribution in [3.05, 3.63) is 53.0 Å². The van der Waals surface area contributed by atoms with Gasteiger partial charge in [-0.05, 0) is 44.0 Å². The lowest BCUT2D eigenvalue weighted by Gasteiger charge is -2.34. The van der Waals surface area contributed by atoms with E-state index in [1.807, 2.05) is 0 Å². The zero-order valence-corrected chi connectivity index (χ0v) is 18.0.